The van der Waals surface area contributed by atoms with E-state index in [1.807, 2.05) is 30.3 Å². The van der Waals surface area contributed by atoms with Gasteiger partial charge in [0, 0.05) is 17.3 Å². The number of rotatable bonds is 7. The van der Waals surface area contributed by atoms with Crippen molar-refractivity contribution >= 4 is 11.9 Å². The average molecular weight is 463 g/mol. The van der Waals surface area contributed by atoms with Gasteiger partial charge in [-0.15, -0.1) is 0 Å². The molecule has 4 unspecified atom stereocenters. The van der Waals surface area contributed by atoms with Crippen molar-refractivity contribution in [1.82, 2.24) is 15.3 Å². The van der Waals surface area contributed by atoms with Crippen LogP contribution in [0.5, 0.6) is 11.5 Å². The Kier molecular flexibility index (Phi) is 6.29. The van der Waals surface area contributed by atoms with E-state index in [9.17, 15) is 4.79 Å². The largest absolute Gasteiger partial charge is 0.497 e. The van der Waals surface area contributed by atoms with Crippen molar-refractivity contribution < 1.29 is 23.7 Å². The van der Waals surface area contributed by atoms with Crippen molar-refractivity contribution in [1.29, 1.82) is 0 Å². The molecule has 9 nitrogen and oxygen atoms in total. The van der Waals surface area contributed by atoms with Crippen molar-refractivity contribution in [2.24, 2.45) is 0 Å². The van der Waals surface area contributed by atoms with Gasteiger partial charge in [-0.2, -0.15) is 0 Å². The van der Waals surface area contributed by atoms with E-state index >= 15 is 0 Å². The molecule has 2 saturated heterocycles. The molecule has 2 N–H and O–H groups in total. The summed E-state index contributed by atoms with van der Waals surface area (Å²) in [5.74, 6) is 1.81. The fourth-order valence-corrected chi connectivity index (χ4v) is 4.26. The van der Waals surface area contributed by atoms with Crippen LogP contribution in [0.1, 0.15) is 10.4 Å². The number of methoxy groups -OCH3 is 2. The summed E-state index contributed by atoms with van der Waals surface area (Å²) in [6.07, 6.45) is 1.26. The zero-order chi connectivity index (χ0) is 23.5. The Morgan fingerprint density at radius 3 is 2.18 bits per heavy atom. The normalized spacial score (nSPS) is 23.2. The maximum atomic E-state index is 12.7. The van der Waals surface area contributed by atoms with Gasteiger partial charge in [0.1, 0.15) is 23.7 Å². The SMILES string of the molecule is COc1ccc(C(=O)NC2COC3C(Nc4nccc(-c5ccc(OC)cc5)n4)COC23)cc1. The van der Waals surface area contributed by atoms with E-state index in [4.69, 9.17) is 18.9 Å². The van der Waals surface area contributed by atoms with Crippen LogP contribution in [-0.2, 0) is 9.47 Å². The Labute approximate surface area is 197 Å². The number of nitrogens with zero attached hydrogens (tertiary/aromatic N) is 2. The number of benzene rings is 2. The number of aromatic nitrogens is 2. The van der Waals surface area contributed by atoms with Gasteiger partial charge in [0.05, 0.1) is 45.2 Å². The molecule has 0 saturated carbocycles. The summed E-state index contributed by atoms with van der Waals surface area (Å²) >= 11 is 0. The van der Waals surface area contributed by atoms with E-state index in [0.717, 1.165) is 17.0 Å². The number of amides is 1. The van der Waals surface area contributed by atoms with Gasteiger partial charge in [0.15, 0.2) is 0 Å². The standard InChI is InChI=1S/C25H26N4O5/c1-31-17-7-3-15(4-8-17)19-11-12-26-25(28-19)29-21-14-34-22-20(13-33-23(21)22)27-24(30)16-5-9-18(32-2)10-6-16/h3-12,20-23H,13-14H2,1-2H3,(H,27,30)(H,26,28,29). The van der Waals surface area contributed by atoms with Crippen molar-refractivity contribution in [3.8, 4) is 22.8 Å². The number of hydrogen-bond donors (Lipinski definition) is 2. The van der Waals surface area contributed by atoms with Gasteiger partial charge in [-0.25, -0.2) is 9.97 Å². The molecule has 1 amide bonds. The zero-order valence-electron chi connectivity index (χ0n) is 18.9. The van der Waals surface area contributed by atoms with Gasteiger partial charge >= 0.3 is 0 Å². The van der Waals surface area contributed by atoms with Gasteiger partial charge in [0.25, 0.3) is 5.91 Å². The van der Waals surface area contributed by atoms with Gasteiger partial charge in [-0.1, -0.05) is 0 Å². The fourth-order valence-electron chi connectivity index (χ4n) is 4.26. The van der Waals surface area contributed by atoms with Crippen LogP contribution in [0.3, 0.4) is 0 Å². The third-order valence-corrected chi connectivity index (χ3v) is 6.08. The first-order valence-electron chi connectivity index (χ1n) is 11.1. The number of nitrogens with one attached hydrogen (secondary N) is 2. The number of ether oxygens (including phenoxy) is 4. The molecule has 34 heavy (non-hydrogen) atoms. The maximum Gasteiger partial charge on any atom is 0.251 e. The molecule has 0 aliphatic carbocycles. The molecule has 3 aromatic rings. The smallest absolute Gasteiger partial charge is 0.251 e. The number of fused-ring (bicyclic) bond motifs is 1. The topological polar surface area (TPSA) is 104 Å². The average Bonchev–Trinajstić information content (AvgIpc) is 3.47. The van der Waals surface area contributed by atoms with Crippen molar-refractivity contribution in [3.63, 3.8) is 0 Å². The van der Waals surface area contributed by atoms with E-state index in [1.54, 1.807) is 44.7 Å². The third kappa shape index (κ3) is 4.52. The molecule has 0 radical (unpaired) electrons. The molecule has 2 aromatic carbocycles. The maximum absolute atomic E-state index is 12.7. The molecular weight excluding hydrogens is 436 g/mol. The molecule has 3 heterocycles. The van der Waals surface area contributed by atoms with Gasteiger partial charge in [-0.3, -0.25) is 4.79 Å². The predicted octanol–water partition coefficient (Wildman–Crippen LogP) is 2.54. The first-order valence-corrected chi connectivity index (χ1v) is 11.1. The minimum absolute atomic E-state index is 0.126. The summed E-state index contributed by atoms with van der Waals surface area (Å²) in [4.78, 5) is 21.7. The van der Waals surface area contributed by atoms with Crippen LogP contribution < -0.4 is 20.1 Å². The highest BCUT2D eigenvalue weighted by molar-refractivity contribution is 5.94. The van der Waals surface area contributed by atoms with Gasteiger partial charge in [-0.05, 0) is 54.6 Å². The molecule has 0 spiro atoms. The second kappa shape index (κ2) is 9.66. The number of carbonyl (C=O) groups is 1. The van der Waals surface area contributed by atoms with Crippen LogP contribution >= 0.6 is 0 Å². The van der Waals surface area contributed by atoms with E-state index in [1.165, 1.54) is 0 Å². The molecule has 9 heteroatoms. The third-order valence-electron chi connectivity index (χ3n) is 6.08. The summed E-state index contributed by atoms with van der Waals surface area (Å²) in [5.41, 5.74) is 2.32. The lowest BCUT2D eigenvalue weighted by atomic mass is 10.1. The van der Waals surface area contributed by atoms with Crippen LogP contribution in [0, 0.1) is 0 Å². The minimum Gasteiger partial charge on any atom is -0.497 e. The van der Waals surface area contributed by atoms with Crippen LogP contribution in [0.4, 0.5) is 5.95 Å². The first kappa shape index (κ1) is 22.1. The first-order chi connectivity index (χ1) is 16.6. The zero-order valence-corrected chi connectivity index (χ0v) is 18.9. The Hall–Kier alpha value is -3.69. The highest BCUT2D eigenvalue weighted by atomic mass is 16.6. The lowest BCUT2D eigenvalue weighted by molar-refractivity contribution is 0.0652. The summed E-state index contributed by atoms with van der Waals surface area (Å²) in [6, 6.07) is 16.2. The molecule has 4 atom stereocenters. The summed E-state index contributed by atoms with van der Waals surface area (Å²) in [6.45, 7) is 0.808. The van der Waals surface area contributed by atoms with Crippen LogP contribution in [-0.4, -0.2) is 67.6 Å². The number of carbonyl (C=O) groups excluding carboxylic acids is 1. The number of hydrogen-bond acceptors (Lipinski definition) is 8. The fraction of sp³-hybridized carbons (Fsp3) is 0.320. The van der Waals surface area contributed by atoms with Gasteiger partial charge < -0.3 is 29.6 Å². The highest BCUT2D eigenvalue weighted by Gasteiger charge is 2.48. The molecule has 176 valence electrons. The van der Waals surface area contributed by atoms with E-state index < -0.39 is 0 Å². The minimum atomic E-state index is -0.246. The second-order valence-corrected chi connectivity index (χ2v) is 8.15. The molecule has 5 rings (SSSR count). The summed E-state index contributed by atoms with van der Waals surface area (Å²) in [5, 5.41) is 6.37. The molecule has 2 fully saturated rings. The van der Waals surface area contributed by atoms with E-state index in [0.29, 0.717) is 30.5 Å². The Bertz CT molecular complexity index is 1140. The predicted molar refractivity (Wildman–Crippen MR) is 125 cm³/mol. The van der Waals surface area contributed by atoms with Crippen molar-refractivity contribution in [2.75, 3.05) is 32.8 Å². The van der Waals surface area contributed by atoms with Crippen LogP contribution in [0.2, 0.25) is 0 Å². The molecule has 2 aliphatic rings. The second-order valence-electron chi connectivity index (χ2n) is 8.15. The quantitative estimate of drug-likeness (QED) is 0.552. The monoisotopic (exact) mass is 462 g/mol. The molecular formula is C25H26N4O5. The van der Waals surface area contributed by atoms with Gasteiger partial charge in [0.2, 0.25) is 5.95 Å². The highest BCUT2D eigenvalue weighted by Crippen LogP contribution is 2.29. The Morgan fingerprint density at radius 1 is 0.882 bits per heavy atom. The Balaban J connectivity index is 1.21. The summed E-state index contributed by atoms with van der Waals surface area (Å²) < 4.78 is 22.4. The Morgan fingerprint density at radius 2 is 1.50 bits per heavy atom. The lowest BCUT2D eigenvalue weighted by Crippen LogP contribution is -2.44. The molecule has 0 bridgehead atoms. The summed E-state index contributed by atoms with van der Waals surface area (Å²) in [7, 11) is 3.23. The van der Waals surface area contributed by atoms with Crippen LogP contribution in [0.25, 0.3) is 11.3 Å². The number of anilines is 1. The molecule has 1 aromatic heterocycles. The van der Waals surface area contributed by atoms with Crippen LogP contribution in [0.15, 0.2) is 60.8 Å². The molecule has 2 aliphatic heterocycles. The van der Waals surface area contributed by atoms with E-state index in [-0.39, 0.29) is 30.2 Å². The van der Waals surface area contributed by atoms with Crippen molar-refractivity contribution in [3.05, 3.63) is 66.4 Å². The van der Waals surface area contributed by atoms with E-state index in [2.05, 4.69) is 20.6 Å². The van der Waals surface area contributed by atoms with Crippen molar-refractivity contribution in [2.45, 2.75) is 24.3 Å². The lowest BCUT2D eigenvalue weighted by Gasteiger charge is -2.18.